The molecule has 0 aliphatic rings. The third-order valence-electron chi connectivity index (χ3n) is 4.49. The van der Waals surface area contributed by atoms with E-state index >= 15 is 0 Å². The lowest BCUT2D eigenvalue weighted by atomic mass is 10.2. The molecule has 1 aromatic heterocycles. The predicted molar refractivity (Wildman–Crippen MR) is 116 cm³/mol. The number of aromatic nitrogens is 1. The Labute approximate surface area is 177 Å². The molecule has 0 atom stereocenters. The first-order valence-corrected chi connectivity index (χ1v) is 10.9. The zero-order valence-electron chi connectivity index (χ0n) is 15.3. The largest absolute Gasteiger partial charge is 0.457 e. The smallest absolute Gasteiger partial charge is 0.268 e. The zero-order chi connectivity index (χ0) is 20.6. The number of hydrogen-bond donors (Lipinski definition) is 0. The minimum atomic E-state index is -3.71. The zero-order valence-corrected chi connectivity index (χ0v) is 17.7. The van der Waals surface area contributed by atoms with E-state index in [1.807, 2.05) is 6.92 Å². The molecule has 5 nitrogen and oxygen atoms in total. The summed E-state index contributed by atoms with van der Waals surface area (Å²) in [5.74, 6) is 1.07. The van der Waals surface area contributed by atoms with Crippen LogP contribution in [0.25, 0.3) is 15.7 Å². The fraction of sp³-hybridized carbons (Fsp3) is 0.0455. The van der Waals surface area contributed by atoms with Crippen molar-refractivity contribution in [3.05, 3.63) is 94.4 Å². The molecule has 0 unspecified atom stereocenters. The van der Waals surface area contributed by atoms with Gasteiger partial charge in [-0.25, -0.2) is 17.2 Å². The van der Waals surface area contributed by atoms with Crippen molar-refractivity contribution < 1.29 is 13.2 Å². The number of halogens is 1. The van der Waals surface area contributed by atoms with E-state index in [0.29, 0.717) is 32.6 Å². The summed E-state index contributed by atoms with van der Waals surface area (Å²) >= 11 is 3.53. The third kappa shape index (κ3) is 3.53. The molecule has 144 valence electrons. The molecule has 0 amide bonds. The van der Waals surface area contributed by atoms with Gasteiger partial charge in [-0.15, -0.1) is 0 Å². The van der Waals surface area contributed by atoms with Gasteiger partial charge in [0, 0.05) is 11.6 Å². The third-order valence-corrected chi connectivity index (χ3v) is 7.01. The van der Waals surface area contributed by atoms with Crippen molar-refractivity contribution in [2.45, 2.75) is 11.8 Å². The molecule has 0 bridgehead atoms. The molecular formula is C22H15BrN2O3S. The van der Waals surface area contributed by atoms with Crippen LogP contribution in [-0.4, -0.2) is 12.4 Å². The Morgan fingerprint density at radius 1 is 1.03 bits per heavy atom. The number of nitrogens with zero attached hydrogens (tertiary/aromatic N) is 2. The first-order valence-electron chi connectivity index (χ1n) is 8.67. The molecular weight excluding hydrogens is 452 g/mol. The van der Waals surface area contributed by atoms with E-state index in [2.05, 4.69) is 20.8 Å². The summed E-state index contributed by atoms with van der Waals surface area (Å²) in [5, 5.41) is 0.708. The van der Waals surface area contributed by atoms with Crippen LogP contribution in [0.4, 0.5) is 5.69 Å². The maximum atomic E-state index is 13.1. The first-order chi connectivity index (χ1) is 13.9. The van der Waals surface area contributed by atoms with Crippen molar-refractivity contribution >= 4 is 42.5 Å². The van der Waals surface area contributed by atoms with Gasteiger partial charge >= 0.3 is 0 Å². The van der Waals surface area contributed by atoms with Crippen LogP contribution in [0.3, 0.4) is 0 Å². The number of benzene rings is 3. The van der Waals surface area contributed by atoms with Gasteiger partial charge in [-0.3, -0.25) is 0 Å². The van der Waals surface area contributed by atoms with E-state index in [-0.39, 0.29) is 4.90 Å². The molecule has 0 fully saturated rings. The Hall–Kier alpha value is -3.08. The standard InChI is InChI=1S/C22H15BrN2O3S/c1-15-6-8-18(9-7-15)29(26,27)25-13-12-19-20(25)10-11-21(22(19)23)28-17-5-3-4-16(14-17)24-2/h3-14H,1H3. The molecule has 0 saturated heterocycles. The van der Waals surface area contributed by atoms with Gasteiger partial charge in [0.2, 0.25) is 0 Å². The summed E-state index contributed by atoms with van der Waals surface area (Å²) in [5.41, 5.74) is 2.02. The molecule has 0 radical (unpaired) electrons. The second-order valence-electron chi connectivity index (χ2n) is 6.45. The van der Waals surface area contributed by atoms with Crippen LogP contribution in [-0.2, 0) is 10.0 Å². The van der Waals surface area contributed by atoms with Crippen molar-refractivity contribution in [3.63, 3.8) is 0 Å². The van der Waals surface area contributed by atoms with Crippen LogP contribution in [0.1, 0.15) is 5.56 Å². The summed E-state index contributed by atoms with van der Waals surface area (Å²) in [7, 11) is -3.71. The maximum Gasteiger partial charge on any atom is 0.268 e. The molecule has 0 spiro atoms. The molecule has 0 aliphatic heterocycles. The first kappa shape index (κ1) is 19.2. The van der Waals surface area contributed by atoms with Crippen LogP contribution in [0.15, 0.2) is 82.3 Å². The Kier molecular flexibility index (Phi) is 4.91. The summed E-state index contributed by atoms with van der Waals surface area (Å²) in [4.78, 5) is 3.63. The lowest BCUT2D eigenvalue weighted by Gasteiger charge is -2.11. The minimum Gasteiger partial charge on any atom is -0.457 e. The van der Waals surface area contributed by atoms with E-state index in [0.717, 1.165) is 5.56 Å². The molecule has 4 rings (SSSR count). The number of rotatable bonds is 4. The lowest BCUT2D eigenvalue weighted by Crippen LogP contribution is -2.11. The van der Waals surface area contributed by atoms with Gasteiger partial charge in [0.15, 0.2) is 5.69 Å². The Bertz CT molecular complexity index is 1370. The fourth-order valence-electron chi connectivity index (χ4n) is 2.99. The fourth-order valence-corrected chi connectivity index (χ4v) is 4.89. The van der Waals surface area contributed by atoms with Crippen LogP contribution in [0.2, 0.25) is 0 Å². The van der Waals surface area contributed by atoms with Crippen LogP contribution >= 0.6 is 15.9 Å². The average Bonchev–Trinajstić information content (AvgIpc) is 3.16. The average molecular weight is 467 g/mol. The Morgan fingerprint density at radius 3 is 2.52 bits per heavy atom. The SMILES string of the molecule is [C-]#[N+]c1cccc(Oc2ccc3c(ccn3S(=O)(=O)c3ccc(C)cc3)c2Br)c1. The number of ether oxygens (including phenoxy) is 1. The van der Waals surface area contributed by atoms with E-state index in [9.17, 15) is 8.42 Å². The van der Waals surface area contributed by atoms with Gasteiger partial charge in [0.25, 0.3) is 10.0 Å². The summed E-state index contributed by atoms with van der Waals surface area (Å²) < 4.78 is 33.9. The van der Waals surface area contributed by atoms with Crippen LogP contribution in [0, 0.1) is 13.5 Å². The number of fused-ring (bicyclic) bond motifs is 1. The molecule has 0 saturated carbocycles. The normalized spacial score (nSPS) is 11.3. The van der Waals surface area contributed by atoms with E-state index in [1.54, 1.807) is 66.7 Å². The number of hydrogen-bond acceptors (Lipinski definition) is 3. The predicted octanol–water partition coefficient (Wildman–Crippen LogP) is 6.29. The highest BCUT2D eigenvalue weighted by atomic mass is 79.9. The second kappa shape index (κ2) is 7.39. The van der Waals surface area contributed by atoms with Gasteiger partial charge in [0.05, 0.1) is 21.5 Å². The molecule has 7 heteroatoms. The Balaban J connectivity index is 1.76. The molecule has 1 heterocycles. The van der Waals surface area contributed by atoms with E-state index in [4.69, 9.17) is 11.3 Å². The minimum absolute atomic E-state index is 0.230. The molecule has 4 aromatic rings. The van der Waals surface area contributed by atoms with Crippen LogP contribution < -0.4 is 4.74 Å². The second-order valence-corrected chi connectivity index (χ2v) is 9.06. The van der Waals surface area contributed by atoms with Gasteiger partial charge in [-0.1, -0.05) is 29.8 Å². The van der Waals surface area contributed by atoms with Crippen molar-refractivity contribution in [2.24, 2.45) is 0 Å². The summed E-state index contributed by atoms with van der Waals surface area (Å²) in [6.07, 6.45) is 1.54. The maximum absolute atomic E-state index is 13.1. The van der Waals surface area contributed by atoms with Gasteiger partial charge in [0.1, 0.15) is 11.5 Å². The molecule has 0 N–H and O–H groups in total. The van der Waals surface area contributed by atoms with E-state index in [1.165, 1.54) is 10.2 Å². The molecule has 29 heavy (non-hydrogen) atoms. The number of aryl methyl sites for hydroxylation is 1. The Morgan fingerprint density at radius 2 is 1.79 bits per heavy atom. The highest BCUT2D eigenvalue weighted by molar-refractivity contribution is 9.10. The van der Waals surface area contributed by atoms with Gasteiger partial charge in [-0.05, 0) is 65.3 Å². The van der Waals surface area contributed by atoms with Crippen LogP contribution in [0.5, 0.6) is 11.5 Å². The highest BCUT2D eigenvalue weighted by Crippen LogP contribution is 2.38. The lowest BCUT2D eigenvalue weighted by molar-refractivity contribution is 0.481. The van der Waals surface area contributed by atoms with Crippen molar-refractivity contribution in [3.8, 4) is 11.5 Å². The van der Waals surface area contributed by atoms with E-state index < -0.39 is 10.0 Å². The van der Waals surface area contributed by atoms with Crippen molar-refractivity contribution in [2.75, 3.05) is 0 Å². The quantitative estimate of drug-likeness (QED) is 0.332. The van der Waals surface area contributed by atoms with Crippen molar-refractivity contribution in [1.29, 1.82) is 0 Å². The van der Waals surface area contributed by atoms with Gasteiger partial charge in [-0.2, -0.15) is 0 Å². The topological polar surface area (TPSA) is 52.7 Å². The molecule has 3 aromatic carbocycles. The van der Waals surface area contributed by atoms with Crippen molar-refractivity contribution in [1.82, 2.24) is 3.97 Å². The summed E-state index contributed by atoms with van der Waals surface area (Å²) in [6, 6.07) is 18.8. The summed E-state index contributed by atoms with van der Waals surface area (Å²) in [6.45, 7) is 9.03. The monoisotopic (exact) mass is 466 g/mol. The highest BCUT2D eigenvalue weighted by Gasteiger charge is 2.20. The van der Waals surface area contributed by atoms with Gasteiger partial charge < -0.3 is 4.74 Å². The molecule has 0 aliphatic carbocycles.